The van der Waals surface area contributed by atoms with E-state index < -0.39 is 0 Å². The maximum absolute atomic E-state index is 13.2. The van der Waals surface area contributed by atoms with Gasteiger partial charge in [-0.1, -0.05) is 6.07 Å². The van der Waals surface area contributed by atoms with Crippen LogP contribution < -0.4 is 15.4 Å². The maximum atomic E-state index is 13.2. The third kappa shape index (κ3) is 6.14. The van der Waals surface area contributed by atoms with Gasteiger partial charge in [-0.15, -0.1) is 0 Å². The summed E-state index contributed by atoms with van der Waals surface area (Å²) in [5, 5.41) is 5.76. The number of amides is 1. The van der Waals surface area contributed by atoms with E-state index in [0.717, 1.165) is 5.69 Å². The Morgan fingerprint density at radius 1 is 1.07 bits per heavy atom. The molecular weight excluding hydrogens is 371 g/mol. The number of carbonyl (C=O) groups excluding carboxylic acids is 1. The molecule has 0 saturated carbocycles. The number of carbonyl (C=O) groups is 1. The molecule has 29 heavy (non-hydrogen) atoms. The Balaban J connectivity index is 1.75. The minimum atomic E-state index is -0.346. The number of anilines is 1. The summed E-state index contributed by atoms with van der Waals surface area (Å²) in [5.41, 5.74) is 1.80. The zero-order valence-corrected chi connectivity index (χ0v) is 15.9. The Kier molecular flexibility index (Phi) is 6.89. The van der Waals surface area contributed by atoms with E-state index in [9.17, 15) is 9.18 Å². The number of halogens is 1. The van der Waals surface area contributed by atoms with Crippen LogP contribution in [0, 0.1) is 5.82 Å². The summed E-state index contributed by atoms with van der Waals surface area (Å²) in [7, 11) is 0. The van der Waals surface area contributed by atoms with Crippen LogP contribution in [0.15, 0.2) is 77.9 Å². The molecule has 7 heteroatoms. The van der Waals surface area contributed by atoms with Crippen molar-refractivity contribution in [1.29, 1.82) is 0 Å². The quantitative estimate of drug-likeness (QED) is 0.491. The Bertz CT molecular complexity index is 958. The minimum Gasteiger partial charge on any atom is -0.494 e. The van der Waals surface area contributed by atoms with Gasteiger partial charge in [0.2, 0.25) is 5.96 Å². The number of benzene rings is 2. The number of nitrogens with one attached hydrogen (secondary N) is 2. The SMILES string of the molecule is CCOc1ccc(C(=O)NC(=NCc2ccccn2)Nc2ccc(F)cc2)cc1. The first kappa shape index (κ1) is 20.0. The van der Waals surface area contributed by atoms with Gasteiger partial charge in [0.25, 0.3) is 5.91 Å². The van der Waals surface area contributed by atoms with E-state index in [1.807, 2.05) is 25.1 Å². The molecule has 148 valence electrons. The third-order valence-corrected chi connectivity index (χ3v) is 3.89. The molecule has 1 heterocycles. The summed E-state index contributed by atoms with van der Waals surface area (Å²) < 4.78 is 18.6. The molecular formula is C22H21FN4O2. The smallest absolute Gasteiger partial charge is 0.257 e. The monoisotopic (exact) mass is 392 g/mol. The largest absolute Gasteiger partial charge is 0.494 e. The molecule has 0 saturated heterocycles. The first-order chi connectivity index (χ1) is 14.1. The van der Waals surface area contributed by atoms with Gasteiger partial charge in [-0.2, -0.15) is 0 Å². The van der Waals surface area contributed by atoms with E-state index in [2.05, 4.69) is 20.6 Å². The summed E-state index contributed by atoms with van der Waals surface area (Å²) >= 11 is 0. The van der Waals surface area contributed by atoms with E-state index in [-0.39, 0.29) is 24.2 Å². The number of nitrogens with zero attached hydrogens (tertiary/aromatic N) is 2. The van der Waals surface area contributed by atoms with Crippen LogP contribution in [0.1, 0.15) is 23.0 Å². The molecule has 6 nitrogen and oxygen atoms in total. The summed E-state index contributed by atoms with van der Waals surface area (Å²) in [5.74, 6) is 0.252. The van der Waals surface area contributed by atoms with Gasteiger partial charge in [0.15, 0.2) is 0 Å². The fourth-order valence-electron chi connectivity index (χ4n) is 2.48. The van der Waals surface area contributed by atoms with Crippen LogP contribution in [0.3, 0.4) is 0 Å². The van der Waals surface area contributed by atoms with Gasteiger partial charge in [0.05, 0.1) is 18.8 Å². The lowest BCUT2D eigenvalue weighted by atomic mass is 10.2. The number of ether oxygens (including phenoxy) is 1. The van der Waals surface area contributed by atoms with Gasteiger partial charge in [0.1, 0.15) is 11.6 Å². The minimum absolute atomic E-state index is 0.237. The normalized spacial score (nSPS) is 11.0. The average molecular weight is 392 g/mol. The van der Waals surface area contributed by atoms with Crippen molar-refractivity contribution >= 4 is 17.6 Å². The molecule has 2 N–H and O–H groups in total. The lowest BCUT2D eigenvalue weighted by molar-refractivity contribution is 0.0977. The fourth-order valence-corrected chi connectivity index (χ4v) is 2.48. The topological polar surface area (TPSA) is 75.6 Å². The zero-order valence-electron chi connectivity index (χ0n) is 15.9. The fraction of sp³-hybridized carbons (Fsp3) is 0.136. The molecule has 0 unspecified atom stereocenters. The maximum Gasteiger partial charge on any atom is 0.257 e. The molecule has 0 bridgehead atoms. The molecule has 0 aliphatic carbocycles. The van der Waals surface area contributed by atoms with E-state index in [1.54, 1.807) is 42.6 Å². The molecule has 0 radical (unpaired) electrons. The van der Waals surface area contributed by atoms with E-state index in [1.165, 1.54) is 12.1 Å². The summed E-state index contributed by atoms with van der Waals surface area (Å²) in [4.78, 5) is 21.3. The van der Waals surface area contributed by atoms with Gasteiger partial charge in [0, 0.05) is 17.4 Å². The van der Waals surface area contributed by atoms with Crippen LogP contribution in [0.4, 0.5) is 10.1 Å². The predicted octanol–water partition coefficient (Wildman–Crippen LogP) is 4.02. The molecule has 1 amide bonds. The summed E-state index contributed by atoms with van der Waals surface area (Å²) in [6.07, 6.45) is 1.68. The summed E-state index contributed by atoms with van der Waals surface area (Å²) in [6, 6.07) is 18.1. The van der Waals surface area contributed by atoms with Crippen molar-refractivity contribution in [3.05, 3.63) is 90.0 Å². The van der Waals surface area contributed by atoms with Gasteiger partial charge in [-0.3, -0.25) is 15.1 Å². The van der Waals surface area contributed by atoms with E-state index in [4.69, 9.17) is 4.74 Å². The van der Waals surface area contributed by atoms with Crippen molar-refractivity contribution < 1.29 is 13.9 Å². The molecule has 1 aromatic heterocycles. The highest BCUT2D eigenvalue weighted by Crippen LogP contribution is 2.12. The first-order valence-electron chi connectivity index (χ1n) is 9.15. The highest BCUT2D eigenvalue weighted by atomic mass is 19.1. The lowest BCUT2D eigenvalue weighted by Crippen LogP contribution is -2.36. The van der Waals surface area contributed by atoms with Gasteiger partial charge >= 0.3 is 0 Å². The summed E-state index contributed by atoms with van der Waals surface area (Å²) in [6.45, 7) is 2.72. The van der Waals surface area contributed by atoms with Gasteiger partial charge in [-0.25, -0.2) is 9.38 Å². The number of pyridine rings is 1. The zero-order chi connectivity index (χ0) is 20.5. The molecule has 3 aromatic rings. The molecule has 3 rings (SSSR count). The second kappa shape index (κ2) is 9.98. The predicted molar refractivity (Wildman–Crippen MR) is 110 cm³/mol. The molecule has 0 aliphatic heterocycles. The molecule has 0 atom stereocenters. The van der Waals surface area contributed by atoms with Crippen molar-refractivity contribution in [3.8, 4) is 5.75 Å². The van der Waals surface area contributed by atoms with Crippen molar-refractivity contribution in [2.75, 3.05) is 11.9 Å². The lowest BCUT2D eigenvalue weighted by Gasteiger charge is -2.12. The second-order valence-corrected chi connectivity index (χ2v) is 6.03. The Hall–Kier alpha value is -3.74. The number of guanidine groups is 1. The standard InChI is InChI=1S/C22H21FN4O2/c1-2-29-20-12-6-16(7-13-20)21(28)27-22(25-15-19-5-3-4-14-24-19)26-18-10-8-17(23)9-11-18/h3-14H,2,15H2,1H3,(H2,25,26,27,28). The van der Waals surface area contributed by atoms with Crippen molar-refractivity contribution in [2.45, 2.75) is 13.5 Å². The van der Waals surface area contributed by atoms with Crippen LogP contribution in [-0.2, 0) is 6.54 Å². The second-order valence-electron chi connectivity index (χ2n) is 6.03. The van der Waals surface area contributed by atoms with Gasteiger partial charge in [-0.05, 0) is 67.6 Å². The molecule has 0 spiro atoms. The average Bonchev–Trinajstić information content (AvgIpc) is 2.75. The first-order valence-corrected chi connectivity index (χ1v) is 9.15. The van der Waals surface area contributed by atoms with Crippen molar-refractivity contribution in [2.24, 2.45) is 4.99 Å². The third-order valence-electron chi connectivity index (χ3n) is 3.89. The van der Waals surface area contributed by atoms with Crippen LogP contribution >= 0.6 is 0 Å². The molecule has 0 fully saturated rings. The number of hydrogen-bond acceptors (Lipinski definition) is 4. The number of rotatable bonds is 6. The molecule has 2 aromatic carbocycles. The Morgan fingerprint density at radius 3 is 2.48 bits per heavy atom. The van der Waals surface area contributed by atoms with Gasteiger partial charge < -0.3 is 10.1 Å². The van der Waals surface area contributed by atoms with Crippen molar-refractivity contribution in [3.63, 3.8) is 0 Å². The number of hydrogen-bond donors (Lipinski definition) is 2. The highest BCUT2D eigenvalue weighted by Gasteiger charge is 2.10. The highest BCUT2D eigenvalue weighted by molar-refractivity contribution is 6.09. The van der Waals surface area contributed by atoms with Crippen LogP contribution in [0.25, 0.3) is 0 Å². The van der Waals surface area contributed by atoms with E-state index >= 15 is 0 Å². The van der Waals surface area contributed by atoms with Crippen molar-refractivity contribution in [1.82, 2.24) is 10.3 Å². The number of aromatic nitrogens is 1. The molecule has 0 aliphatic rings. The van der Waals surface area contributed by atoms with Crippen LogP contribution in [-0.4, -0.2) is 23.5 Å². The Morgan fingerprint density at radius 2 is 1.83 bits per heavy atom. The van der Waals surface area contributed by atoms with Crippen LogP contribution in [0.2, 0.25) is 0 Å². The number of aliphatic imine (C=N–C) groups is 1. The van der Waals surface area contributed by atoms with E-state index in [0.29, 0.717) is 23.6 Å². The van der Waals surface area contributed by atoms with Crippen LogP contribution in [0.5, 0.6) is 5.75 Å². The Labute approximate surface area is 168 Å².